The third kappa shape index (κ3) is 5.28. The second-order valence-electron chi connectivity index (χ2n) is 4.46. The molecule has 0 spiro atoms. The fourth-order valence-corrected chi connectivity index (χ4v) is 1.71. The molecule has 8 heteroatoms. The molecule has 1 aromatic rings. The van der Waals surface area contributed by atoms with Crippen molar-refractivity contribution in [3.8, 4) is 0 Å². The van der Waals surface area contributed by atoms with Crippen LogP contribution < -0.4 is 5.32 Å². The number of nitrogens with one attached hydrogen (secondary N) is 1. The highest BCUT2D eigenvalue weighted by molar-refractivity contribution is 6.25. The number of carboxylic acids is 1. The second kappa shape index (κ2) is 8.46. The molecule has 116 valence electrons. The van der Waals surface area contributed by atoms with Crippen molar-refractivity contribution in [1.29, 1.82) is 0 Å². The SMILES string of the molecule is [N-]=[N+]=CC(=O)CC[C@H](NC(=O)[C@@H](O)c1ccccc1)C(=O)O. The lowest BCUT2D eigenvalue weighted by Gasteiger charge is -2.16. The van der Waals surface area contributed by atoms with Gasteiger partial charge in [-0.3, -0.25) is 9.59 Å². The van der Waals surface area contributed by atoms with E-state index in [1.807, 2.05) is 0 Å². The van der Waals surface area contributed by atoms with Gasteiger partial charge < -0.3 is 21.1 Å². The number of hydrogen-bond donors (Lipinski definition) is 3. The Kier molecular flexibility index (Phi) is 6.62. The topological polar surface area (TPSA) is 140 Å². The lowest BCUT2D eigenvalue weighted by molar-refractivity contribution is -0.143. The van der Waals surface area contributed by atoms with Crippen LogP contribution in [-0.2, 0) is 14.4 Å². The number of aliphatic hydroxyl groups excluding tert-OH is 1. The van der Waals surface area contributed by atoms with Gasteiger partial charge in [-0.25, -0.2) is 4.79 Å². The number of aliphatic hydroxyl groups is 1. The molecule has 8 nitrogen and oxygen atoms in total. The first-order chi connectivity index (χ1) is 10.5. The third-order valence-corrected chi connectivity index (χ3v) is 2.86. The summed E-state index contributed by atoms with van der Waals surface area (Å²) in [6.45, 7) is 0. The standard InChI is InChI=1S/C14H15N3O5/c15-16-8-10(18)6-7-11(14(21)22)17-13(20)12(19)9-4-2-1-3-5-9/h1-5,8,11-12,19H,6-7H2,(H,17,20)(H,21,22)/t11-,12-/m0/s1. The zero-order valence-electron chi connectivity index (χ0n) is 11.5. The molecule has 0 radical (unpaired) electrons. The summed E-state index contributed by atoms with van der Waals surface area (Å²) >= 11 is 0. The molecule has 0 saturated carbocycles. The van der Waals surface area contributed by atoms with Gasteiger partial charge >= 0.3 is 12.2 Å². The van der Waals surface area contributed by atoms with Crippen LogP contribution in [-0.4, -0.2) is 44.9 Å². The molecule has 1 amide bonds. The summed E-state index contributed by atoms with van der Waals surface area (Å²) in [6.07, 6.45) is -1.26. The van der Waals surface area contributed by atoms with Crippen molar-refractivity contribution in [3.05, 3.63) is 41.4 Å². The summed E-state index contributed by atoms with van der Waals surface area (Å²) in [4.78, 5) is 36.6. The maximum Gasteiger partial charge on any atom is 0.326 e. The zero-order valence-corrected chi connectivity index (χ0v) is 11.5. The summed E-state index contributed by atoms with van der Waals surface area (Å²) in [6, 6.07) is 6.70. The van der Waals surface area contributed by atoms with Crippen molar-refractivity contribution in [2.24, 2.45) is 0 Å². The van der Waals surface area contributed by atoms with Crippen molar-refractivity contribution in [2.75, 3.05) is 0 Å². The number of carbonyl (C=O) groups is 3. The van der Waals surface area contributed by atoms with E-state index in [2.05, 4.69) is 10.1 Å². The minimum Gasteiger partial charge on any atom is -0.480 e. The van der Waals surface area contributed by atoms with E-state index in [0.29, 0.717) is 11.8 Å². The molecule has 22 heavy (non-hydrogen) atoms. The van der Waals surface area contributed by atoms with Gasteiger partial charge in [0.25, 0.3) is 5.91 Å². The van der Waals surface area contributed by atoms with Crippen LogP contribution in [0.1, 0.15) is 24.5 Å². The Balaban J connectivity index is 2.66. The van der Waals surface area contributed by atoms with Gasteiger partial charge in [-0.1, -0.05) is 30.3 Å². The molecule has 0 heterocycles. The predicted molar refractivity (Wildman–Crippen MR) is 74.9 cm³/mol. The van der Waals surface area contributed by atoms with Crippen LogP contribution in [0.2, 0.25) is 0 Å². The molecule has 3 N–H and O–H groups in total. The molecule has 2 atom stereocenters. The van der Waals surface area contributed by atoms with Crippen molar-refractivity contribution in [3.63, 3.8) is 0 Å². The normalized spacial score (nSPS) is 12.6. The molecular weight excluding hydrogens is 290 g/mol. The highest BCUT2D eigenvalue weighted by Crippen LogP contribution is 2.12. The van der Waals surface area contributed by atoms with Crippen molar-refractivity contribution in [2.45, 2.75) is 25.0 Å². The fourth-order valence-electron chi connectivity index (χ4n) is 1.71. The molecule has 0 saturated heterocycles. The minimum atomic E-state index is -1.50. The molecule has 0 aromatic heterocycles. The Morgan fingerprint density at radius 1 is 1.27 bits per heavy atom. The molecule has 1 rings (SSSR count). The number of carboxylic acid groups (broad SMARTS) is 1. The van der Waals surface area contributed by atoms with Crippen LogP contribution >= 0.6 is 0 Å². The van der Waals surface area contributed by atoms with Crippen LogP contribution in [0.3, 0.4) is 0 Å². The monoisotopic (exact) mass is 305 g/mol. The summed E-state index contributed by atoms with van der Waals surface area (Å²) < 4.78 is 0. The van der Waals surface area contributed by atoms with Crippen LogP contribution in [0.25, 0.3) is 5.53 Å². The number of Topliss-reactive ketones (excluding diaryl/α,β-unsaturated/α-hetero) is 1. The van der Waals surface area contributed by atoms with E-state index in [1.54, 1.807) is 18.2 Å². The van der Waals surface area contributed by atoms with E-state index < -0.39 is 29.8 Å². The Morgan fingerprint density at radius 2 is 1.91 bits per heavy atom. The number of amides is 1. The first-order valence-electron chi connectivity index (χ1n) is 6.42. The average molecular weight is 305 g/mol. The molecule has 0 bridgehead atoms. The number of carbonyl (C=O) groups excluding carboxylic acids is 2. The molecule has 0 aliphatic rings. The largest absolute Gasteiger partial charge is 0.480 e. The van der Waals surface area contributed by atoms with E-state index in [4.69, 9.17) is 10.6 Å². The van der Waals surface area contributed by atoms with E-state index in [1.165, 1.54) is 12.1 Å². The van der Waals surface area contributed by atoms with E-state index in [9.17, 15) is 19.5 Å². The van der Waals surface area contributed by atoms with Crippen LogP contribution in [0.15, 0.2) is 30.3 Å². The van der Waals surface area contributed by atoms with Crippen LogP contribution in [0, 0.1) is 0 Å². The average Bonchev–Trinajstić information content (AvgIpc) is 2.51. The smallest absolute Gasteiger partial charge is 0.326 e. The van der Waals surface area contributed by atoms with Gasteiger partial charge in [0.1, 0.15) is 6.04 Å². The lowest BCUT2D eigenvalue weighted by atomic mass is 10.1. The number of ketones is 1. The Labute approximate surface area is 126 Å². The van der Waals surface area contributed by atoms with Gasteiger partial charge in [0.05, 0.1) is 0 Å². The van der Waals surface area contributed by atoms with Gasteiger partial charge in [0.15, 0.2) is 6.10 Å². The maximum atomic E-state index is 11.9. The summed E-state index contributed by atoms with van der Waals surface area (Å²) in [5.41, 5.74) is 8.51. The summed E-state index contributed by atoms with van der Waals surface area (Å²) in [7, 11) is 0. The van der Waals surface area contributed by atoms with Crippen molar-refractivity contribution >= 4 is 23.9 Å². The van der Waals surface area contributed by atoms with Gasteiger partial charge in [-0.2, -0.15) is 4.79 Å². The highest BCUT2D eigenvalue weighted by Gasteiger charge is 2.25. The van der Waals surface area contributed by atoms with E-state index >= 15 is 0 Å². The fraction of sp³-hybridized carbons (Fsp3) is 0.286. The second-order valence-corrected chi connectivity index (χ2v) is 4.46. The Bertz CT molecular complexity index is 596. The van der Waals surface area contributed by atoms with Crippen LogP contribution in [0.4, 0.5) is 0 Å². The van der Waals surface area contributed by atoms with Gasteiger partial charge in [0.2, 0.25) is 5.78 Å². The van der Waals surface area contributed by atoms with Crippen molar-refractivity contribution in [1.82, 2.24) is 5.32 Å². The summed E-state index contributed by atoms with van der Waals surface area (Å²) in [5.74, 6) is -2.78. The summed E-state index contributed by atoms with van der Waals surface area (Å²) in [5, 5.41) is 21.0. The Morgan fingerprint density at radius 3 is 2.45 bits per heavy atom. The van der Waals surface area contributed by atoms with E-state index in [-0.39, 0.29) is 12.8 Å². The minimum absolute atomic E-state index is 0.187. The first-order valence-corrected chi connectivity index (χ1v) is 6.42. The number of hydrogen-bond acceptors (Lipinski definition) is 4. The number of benzene rings is 1. The first kappa shape index (κ1) is 17.2. The Hall–Kier alpha value is -2.83. The quantitative estimate of drug-likeness (QED) is 0.350. The number of aliphatic carboxylic acids is 1. The van der Waals surface area contributed by atoms with E-state index in [0.717, 1.165) is 0 Å². The molecule has 0 aliphatic heterocycles. The highest BCUT2D eigenvalue weighted by atomic mass is 16.4. The third-order valence-electron chi connectivity index (χ3n) is 2.86. The maximum absolute atomic E-state index is 11.9. The molecule has 0 aliphatic carbocycles. The number of nitrogens with zero attached hydrogens (tertiary/aromatic N) is 2. The molecule has 0 fully saturated rings. The molecule has 1 aromatic carbocycles. The van der Waals surface area contributed by atoms with Crippen LogP contribution in [0.5, 0.6) is 0 Å². The van der Waals surface area contributed by atoms with Gasteiger partial charge in [-0.15, -0.1) is 0 Å². The van der Waals surface area contributed by atoms with Gasteiger partial charge in [0, 0.05) is 6.42 Å². The van der Waals surface area contributed by atoms with Crippen molar-refractivity contribution < 1.29 is 29.4 Å². The molecular formula is C14H15N3O5. The predicted octanol–water partition coefficient (Wildman–Crippen LogP) is -0.0607. The zero-order chi connectivity index (χ0) is 16.5. The van der Waals surface area contributed by atoms with Gasteiger partial charge in [-0.05, 0) is 12.0 Å². The number of rotatable bonds is 8. The molecule has 0 unspecified atom stereocenters. The lowest BCUT2D eigenvalue weighted by Crippen LogP contribution is -2.43.